The molecule has 1 aromatic rings. The summed E-state index contributed by atoms with van der Waals surface area (Å²) in [6.07, 6.45) is -0.479. The van der Waals surface area contributed by atoms with Crippen LogP contribution < -0.4 is 10.6 Å². The Morgan fingerprint density at radius 1 is 1.08 bits per heavy atom. The maximum Gasteiger partial charge on any atom is 0.407 e. The van der Waals surface area contributed by atoms with Crippen LogP contribution in [0, 0.1) is 0 Å². The predicted molar refractivity (Wildman–Crippen MR) is 89.8 cm³/mol. The quantitative estimate of drug-likeness (QED) is 0.623. The Morgan fingerprint density at radius 3 is 2.33 bits per heavy atom. The number of alkyl carbamates (subject to hydrolysis) is 1. The van der Waals surface area contributed by atoms with Gasteiger partial charge in [-0.15, -0.1) is 0 Å². The molecule has 0 saturated carbocycles. The van der Waals surface area contributed by atoms with E-state index in [-0.39, 0.29) is 19.1 Å². The van der Waals surface area contributed by atoms with Crippen LogP contribution in [0.1, 0.15) is 36.7 Å². The van der Waals surface area contributed by atoms with Gasteiger partial charge in [0.1, 0.15) is 5.60 Å². The molecule has 0 fully saturated rings. The topological polar surface area (TPSA) is 96.9 Å². The van der Waals surface area contributed by atoms with E-state index in [4.69, 9.17) is 14.6 Å². The molecule has 0 aromatic heterocycles. The van der Waals surface area contributed by atoms with Crippen molar-refractivity contribution in [1.29, 1.82) is 0 Å². The Kier molecular flexibility index (Phi) is 8.21. The second-order valence-corrected chi connectivity index (χ2v) is 6.14. The number of nitrogens with one attached hydrogen (secondary N) is 2. The normalized spacial score (nSPS) is 11.0. The van der Waals surface area contributed by atoms with E-state index in [0.29, 0.717) is 25.3 Å². The number of aliphatic hydroxyl groups is 1. The third-order valence-electron chi connectivity index (χ3n) is 2.82. The van der Waals surface area contributed by atoms with E-state index in [9.17, 15) is 9.59 Å². The molecular formula is C17H26N2O5. The number of aliphatic hydroxyl groups excluding tert-OH is 1. The SMILES string of the molecule is CC(C)(C)OC(=O)NCc1ccc(C(=O)NCCOCCO)cc1. The van der Waals surface area contributed by atoms with Crippen LogP contribution in [0.5, 0.6) is 0 Å². The fourth-order valence-electron chi connectivity index (χ4n) is 1.77. The summed E-state index contributed by atoms with van der Waals surface area (Å²) in [5.41, 5.74) is 0.856. The van der Waals surface area contributed by atoms with Crippen LogP contribution in [-0.2, 0) is 16.0 Å². The standard InChI is InChI=1S/C17H26N2O5/c1-17(2,3)24-16(22)19-12-13-4-6-14(7-5-13)15(21)18-8-10-23-11-9-20/h4-7,20H,8-12H2,1-3H3,(H,18,21)(H,19,22). The van der Waals surface area contributed by atoms with Crippen molar-refractivity contribution in [2.75, 3.05) is 26.4 Å². The van der Waals surface area contributed by atoms with Gasteiger partial charge in [0, 0.05) is 18.7 Å². The third kappa shape index (κ3) is 8.50. The molecule has 0 aliphatic carbocycles. The minimum atomic E-state index is -0.535. The summed E-state index contributed by atoms with van der Waals surface area (Å²) >= 11 is 0. The van der Waals surface area contributed by atoms with Gasteiger partial charge >= 0.3 is 6.09 Å². The highest BCUT2D eigenvalue weighted by atomic mass is 16.6. The molecule has 7 nitrogen and oxygen atoms in total. The van der Waals surface area contributed by atoms with Crippen LogP contribution in [0.2, 0.25) is 0 Å². The lowest BCUT2D eigenvalue weighted by Gasteiger charge is -2.19. The van der Waals surface area contributed by atoms with Crippen molar-refractivity contribution in [2.45, 2.75) is 32.9 Å². The molecule has 0 saturated heterocycles. The van der Waals surface area contributed by atoms with E-state index < -0.39 is 11.7 Å². The fraction of sp³-hybridized carbons (Fsp3) is 0.529. The monoisotopic (exact) mass is 338 g/mol. The van der Waals surface area contributed by atoms with E-state index in [1.807, 2.05) is 0 Å². The molecule has 7 heteroatoms. The van der Waals surface area contributed by atoms with Crippen molar-refractivity contribution >= 4 is 12.0 Å². The Hall–Kier alpha value is -2.12. The Morgan fingerprint density at radius 2 is 1.75 bits per heavy atom. The first-order valence-corrected chi connectivity index (χ1v) is 7.84. The molecule has 3 N–H and O–H groups in total. The van der Waals surface area contributed by atoms with Gasteiger partial charge in [0.05, 0.1) is 19.8 Å². The van der Waals surface area contributed by atoms with Crippen LogP contribution in [0.3, 0.4) is 0 Å². The second-order valence-electron chi connectivity index (χ2n) is 6.14. The summed E-state index contributed by atoms with van der Waals surface area (Å²) in [5.74, 6) is -0.200. The average molecular weight is 338 g/mol. The molecule has 0 bridgehead atoms. The highest BCUT2D eigenvalue weighted by Crippen LogP contribution is 2.08. The molecule has 2 amide bonds. The Bertz CT molecular complexity index is 523. The van der Waals surface area contributed by atoms with E-state index >= 15 is 0 Å². The number of benzene rings is 1. The van der Waals surface area contributed by atoms with E-state index in [1.54, 1.807) is 45.0 Å². The molecule has 0 spiro atoms. The van der Waals surface area contributed by atoms with Crippen molar-refractivity contribution in [3.63, 3.8) is 0 Å². The summed E-state index contributed by atoms with van der Waals surface area (Å²) in [7, 11) is 0. The maximum atomic E-state index is 11.9. The zero-order valence-corrected chi connectivity index (χ0v) is 14.4. The van der Waals surface area contributed by atoms with Gasteiger partial charge in [-0.2, -0.15) is 0 Å². The zero-order chi connectivity index (χ0) is 18.0. The number of hydrogen-bond acceptors (Lipinski definition) is 5. The summed E-state index contributed by atoms with van der Waals surface area (Å²) < 4.78 is 10.2. The first-order chi connectivity index (χ1) is 11.3. The largest absolute Gasteiger partial charge is 0.444 e. The van der Waals surface area contributed by atoms with Crippen molar-refractivity contribution in [1.82, 2.24) is 10.6 Å². The number of carbonyl (C=O) groups excluding carboxylic acids is 2. The Labute approximate surface area is 142 Å². The van der Waals surface area contributed by atoms with Gasteiger partial charge < -0.3 is 25.2 Å². The zero-order valence-electron chi connectivity index (χ0n) is 14.4. The average Bonchev–Trinajstić information content (AvgIpc) is 2.51. The highest BCUT2D eigenvalue weighted by molar-refractivity contribution is 5.94. The van der Waals surface area contributed by atoms with Crippen molar-refractivity contribution in [3.05, 3.63) is 35.4 Å². The number of hydrogen-bond donors (Lipinski definition) is 3. The third-order valence-corrected chi connectivity index (χ3v) is 2.82. The van der Waals surface area contributed by atoms with Gasteiger partial charge in [0.2, 0.25) is 0 Å². The molecular weight excluding hydrogens is 312 g/mol. The summed E-state index contributed by atoms with van der Waals surface area (Å²) in [6, 6.07) is 6.93. The minimum Gasteiger partial charge on any atom is -0.444 e. The molecule has 134 valence electrons. The van der Waals surface area contributed by atoms with E-state index in [2.05, 4.69) is 10.6 Å². The van der Waals surface area contributed by atoms with Gasteiger partial charge in [-0.1, -0.05) is 12.1 Å². The van der Waals surface area contributed by atoms with E-state index in [1.165, 1.54) is 0 Å². The molecule has 0 radical (unpaired) electrons. The highest BCUT2D eigenvalue weighted by Gasteiger charge is 2.15. The van der Waals surface area contributed by atoms with Crippen LogP contribution in [-0.4, -0.2) is 49.1 Å². The van der Waals surface area contributed by atoms with Crippen LogP contribution in [0.15, 0.2) is 24.3 Å². The second kappa shape index (κ2) is 9.89. The summed E-state index contributed by atoms with van der Waals surface area (Å²) in [6.45, 7) is 6.68. The first kappa shape index (κ1) is 19.9. The number of rotatable bonds is 8. The Balaban J connectivity index is 2.37. The molecule has 0 aliphatic rings. The summed E-state index contributed by atoms with van der Waals surface area (Å²) in [4.78, 5) is 23.5. The number of ether oxygens (including phenoxy) is 2. The van der Waals surface area contributed by atoms with Gasteiger partial charge in [-0.3, -0.25) is 4.79 Å². The molecule has 0 atom stereocenters. The predicted octanol–water partition coefficient (Wildman–Crippen LogP) is 1.45. The fourth-order valence-corrected chi connectivity index (χ4v) is 1.77. The first-order valence-electron chi connectivity index (χ1n) is 7.84. The summed E-state index contributed by atoms with van der Waals surface area (Å²) in [5, 5.41) is 13.9. The smallest absolute Gasteiger partial charge is 0.407 e. The lowest BCUT2D eigenvalue weighted by molar-refractivity contribution is 0.0523. The minimum absolute atomic E-state index is 0.0350. The van der Waals surface area contributed by atoms with Crippen molar-refractivity contribution in [3.8, 4) is 0 Å². The van der Waals surface area contributed by atoms with Crippen molar-refractivity contribution in [2.24, 2.45) is 0 Å². The number of amides is 2. The van der Waals surface area contributed by atoms with Crippen LogP contribution >= 0.6 is 0 Å². The maximum absolute atomic E-state index is 11.9. The number of carbonyl (C=O) groups is 2. The molecule has 1 rings (SSSR count). The van der Waals surface area contributed by atoms with Gasteiger partial charge in [0.25, 0.3) is 5.91 Å². The molecule has 0 heterocycles. The van der Waals surface area contributed by atoms with Crippen LogP contribution in [0.4, 0.5) is 4.79 Å². The van der Waals surface area contributed by atoms with E-state index in [0.717, 1.165) is 5.56 Å². The van der Waals surface area contributed by atoms with Gasteiger partial charge in [-0.25, -0.2) is 4.79 Å². The van der Waals surface area contributed by atoms with Gasteiger partial charge in [0.15, 0.2) is 0 Å². The van der Waals surface area contributed by atoms with Crippen LogP contribution in [0.25, 0.3) is 0 Å². The lowest BCUT2D eigenvalue weighted by atomic mass is 10.1. The molecule has 24 heavy (non-hydrogen) atoms. The molecule has 0 unspecified atom stereocenters. The molecule has 1 aromatic carbocycles. The van der Waals surface area contributed by atoms with Gasteiger partial charge in [-0.05, 0) is 38.5 Å². The van der Waals surface area contributed by atoms with Crippen molar-refractivity contribution < 1.29 is 24.2 Å². The lowest BCUT2D eigenvalue weighted by Crippen LogP contribution is -2.32. The molecule has 0 aliphatic heterocycles.